The molecule has 0 aromatic heterocycles. The summed E-state index contributed by atoms with van der Waals surface area (Å²) in [7, 11) is -3.63. The highest BCUT2D eigenvalue weighted by molar-refractivity contribution is 7.90. The van der Waals surface area contributed by atoms with Crippen LogP contribution in [0.1, 0.15) is 0 Å². The summed E-state index contributed by atoms with van der Waals surface area (Å²) < 4.78 is 48.9. The van der Waals surface area contributed by atoms with Crippen molar-refractivity contribution >= 4 is 32.8 Å². The quantitative estimate of drug-likeness (QED) is 0.582. The number of halogens is 2. The molecule has 2 aromatic carbocycles. The summed E-state index contributed by atoms with van der Waals surface area (Å²) in [6, 6.07) is 5.99. The van der Waals surface area contributed by atoms with Crippen molar-refractivity contribution in [2.24, 2.45) is 0 Å². The van der Waals surface area contributed by atoms with Crippen LogP contribution in [-0.2, 0) is 14.6 Å². The zero-order valence-electron chi connectivity index (χ0n) is 13.3. The van der Waals surface area contributed by atoms with Crippen LogP contribution < -0.4 is 10.6 Å². The summed E-state index contributed by atoms with van der Waals surface area (Å²) in [6.45, 7) is -0.419. The Bertz CT molecular complexity index is 979. The summed E-state index contributed by atoms with van der Waals surface area (Å²) in [4.78, 5) is 21.9. The first-order valence-corrected chi connectivity index (χ1v) is 8.94. The average Bonchev–Trinajstić information content (AvgIpc) is 2.55. The Balaban J connectivity index is 2.11. The molecular weight excluding hydrogens is 372 g/mol. The number of hydrogen-bond donors (Lipinski definition) is 2. The number of benzene rings is 2. The van der Waals surface area contributed by atoms with E-state index in [1.54, 1.807) is 0 Å². The zero-order valence-corrected chi connectivity index (χ0v) is 14.1. The van der Waals surface area contributed by atoms with Gasteiger partial charge in [0.05, 0.1) is 16.4 Å². The van der Waals surface area contributed by atoms with Gasteiger partial charge in [0.2, 0.25) is 5.91 Å². The number of rotatable bonds is 6. The van der Waals surface area contributed by atoms with Crippen LogP contribution in [0.5, 0.6) is 0 Å². The summed E-state index contributed by atoms with van der Waals surface area (Å²) in [5.74, 6) is -2.87. The second-order valence-electron chi connectivity index (χ2n) is 5.24. The predicted molar refractivity (Wildman–Crippen MR) is 89.7 cm³/mol. The molecule has 0 bridgehead atoms. The number of amides is 1. The van der Waals surface area contributed by atoms with Crippen LogP contribution in [0.2, 0.25) is 0 Å². The Labute approximate surface area is 146 Å². The van der Waals surface area contributed by atoms with E-state index in [9.17, 15) is 32.1 Å². The van der Waals surface area contributed by atoms with E-state index in [2.05, 4.69) is 10.6 Å². The van der Waals surface area contributed by atoms with Crippen molar-refractivity contribution in [3.05, 3.63) is 58.1 Å². The number of carbonyl (C=O) groups is 1. The first-order chi connectivity index (χ1) is 12.1. The second kappa shape index (κ2) is 7.44. The van der Waals surface area contributed by atoms with E-state index in [1.165, 1.54) is 6.07 Å². The highest BCUT2D eigenvalue weighted by Crippen LogP contribution is 2.27. The normalized spacial score (nSPS) is 11.0. The Morgan fingerprint density at radius 2 is 1.85 bits per heavy atom. The minimum absolute atomic E-state index is 0.0117. The minimum atomic E-state index is -3.63. The van der Waals surface area contributed by atoms with Crippen LogP contribution in [0.4, 0.5) is 25.8 Å². The molecule has 0 aliphatic heterocycles. The number of nitrogens with zero attached hydrogens (tertiary/aromatic N) is 1. The van der Waals surface area contributed by atoms with Gasteiger partial charge in [-0.2, -0.15) is 0 Å². The summed E-state index contributed by atoms with van der Waals surface area (Å²) in [6.07, 6.45) is 0.911. The topological polar surface area (TPSA) is 118 Å². The maximum atomic E-state index is 13.1. The average molecular weight is 385 g/mol. The van der Waals surface area contributed by atoms with Gasteiger partial charge in [0.25, 0.3) is 5.69 Å². The minimum Gasteiger partial charge on any atom is -0.371 e. The fraction of sp³-hybridized carbons (Fsp3) is 0.133. The van der Waals surface area contributed by atoms with E-state index in [0.717, 1.165) is 36.6 Å². The Morgan fingerprint density at radius 3 is 2.42 bits per heavy atom. The van der Waals surface area contributed by atoms with Gasteiger partial charge in [-0.25, -0.2) is 17.2 Å². The third kappa shape index (κ3) is 4.72. The van der Waals surface area contributed by atoms with Crippen LogP contribution in [0.25, 0.3) is 0 Å². The molecule has 26 heavy (non-hydrogen) atoms. The largest absolute Gasteiger partial charge is 0.371 e. The van der Waals surface area contributed by atoms with Crippen LogP contribution in [0, 0.1) is 21.7 Å². The van der Waals surface area contributed by atoms with E-state index in [0.29, 0.717) is 0 Å². The van der Waals surface area contributed by atoms with Gasteiger partial charge in [0.15, 0.2) is 21.5 Å². The smallest absolute Gasteiger partial charge is 0.293 e. The lowest BCUT2D eigenvalue weighted by Gasteiger charge is -2.09. The lowest BCUT2D eigenvalue weighted by molar-refractivity contribution is -0.384. The number of nitro benzene ring substituents is 1. The Kier molecular flexibility index (Phi) is 5.50. The van der Waals surface area contributed by atoms with Crippen molar-refractivity contribution < 1.29 is 26.9 Å². The third-order valence-corrected chi connectivity index (χ3v) is 4.35. The first-order valence-electron chi connectivity index (χ1n) is 7.05. The molecule has 11 heteroatoms. The molecule has 138 valence electrons. The van der Waals surface area contributed by atoms with Gasteiger partial charge in [-0.1, -0.05) is 0 Å². The van der Waals surface area contributed by atoms with Gasteiger partial charge in [0, 0.05) is 24.1 Å². The lowest BCUT2D eigenvalue weighted by atomic mass is 10.2. The van der Waals surface area contributed by atoms with Gasteiger partial charge >= 0.3 is 0 Å². The molecule has 0 unspecified atom stereocenters. The molecule has 0 fully saturated rings. The molecular formula is C15H13F2N3O5S. The lowest BCUT2D eigenvalue weighted by Crippen LogP contribution is -2.22. The van der Waals surface area contributed by atoms with Gasteiger partial charge in [-0.05, 0) is 24.3 Å². The molecule has 8 nitrogen and oxygen atoms in total. The SMILES string of the molecule is CS(=O)(=O)c1ccc(NCC(=O)Nc2ccc(F)c(F)c2)c([N+](=O)[O-])c1. The van der Waals surface area contributed by atoms with Gasteiger partial charge in [0.1, 0.15) is 5.69 Å². The molecule has 0 aliphatic carbocycles. The second-order valence-corrected chi connectivity index (χ2v) is 7.25. The highest BCUT2D eigenvalue weighted by atomic mass is 32.2. The molecule has 0 radical (unpaired) electrons. The van der Waals surface area contributed by atoms with Crippen molar-refractivity contribution in [1.29, 1.82) is 0 Å². The van der Waals surface area contributed by atoms with E-state index in [-0.39, 0.29) is 16.3 Å². The maximum Gasteiger partial charge on any atom is 0.293 e. The first kappa shape index (κ1) is 19.2. The van der Waals surface area contributed by atoms with Crippen molar-refractivity contribution in [2.75, 3.05) is 23.4 Å². The Morgan fingerprint density at radius 1 is 1.15 bits per heavy atom. The summed E-state index contributed by atoms with van der Waals surface area (Å²) >= 11 is 0. The monoisotopic (exact) mass is 385 g/mol. The van der Waals surface area contributed by atoms with Crippen LogP contribution in [0.3, 0.4) is 0 Å². The van der Waals surface area contributed by atoms with E-state index < -0.39 is 44.5 Å². The highest BCUT2D eigenvalue weighted by Gasteiger charge is 2.19. The maximum absolute atomic E-state index is 13.1. The van der Waals surface area contributed by atoms with Crippen molar-refractivity contribution in [2.45, 2.75) is 4.90 Å². The number of anilines is 2. The van der Waals surface area contributed by atoms with Crippen molar-refractivity contribution in [3.8, 4) is 0 Å². The van der Waals surface area contributed by atoms with Gasteiger partial charge in [-0.3, -0.25) is 14.9 Å². The number of sulfone groups is 1. The van der Waals surface area contributed by atoms with Crippen molar-refractivity contribution in [1.82, 2.24) is 0 Å². The fourth-order valence-corrected chi connectivity index (χ4v) is 2.64. The number of hydrogen-bond acceptors (Lipinski definition) is 6. The van der Waals surface area contributed by atoms with Gasteiger partial charge < -0.3 is 10.6 Å². The molecule has 1 amide bonds. The predicted octanol–water partition coefficient (Wildman–Crippen LogP) is 2.33. The van der Waals surface area contributed by atoms with Crippen molar-refractivity contribution in [3.63, 3.8) is 0 Å². The summed E-state index contributed by atoms with van der Waals surface area (Å²) in [5, 5.41) is 15.9. The fourth-order valence-electron chi connectivity index (χ4n) is 2.00. The standard InChI is InChI=1S/C15H13F2N3O5S/c1-26(24,25)10-3-5-13(14(7-10)20(22)23)18-8-15(21)19-9-2-4-11(16)12(17)6-9/h2-7,18H,8H2,1H3,(H,19,21). The van der Waals surface area contributed by atoms with E-state index >= 15 is 0 Å². The van der Waals surface area contributed by atoms with Crippen LogP contribution in [0.15, 0.2) is 41.3 Å². The molecule has 2 N–H and O–H groups in total. The molecule has 2 rings (SSSR count). The van der Waals surface area contributed by atoms with Crippen LogP contribution >= 0.6 is 0 Å². The molecule has 0 saturated heterocycles. The molecule has 0 saturated carbocycles. The number of nitro groups is 1. The van der Waals surface area contributed by atoms with E-state index in [1.807, 2.05) is 0 Å². The van der Waals surface area contributed by atoms with Gasteiger partial charge in [-0.15, -0.1) is 0 Å². The molecule has 0 spiro atoms. The zero-order chi connectivity index (χ0) is 19.5. The molecule has 0 aliphatic rings. The summed E-state index contributed by atoms with van der Waals surface area (Å²) in [5.41, 5.74) is -0.575. The molecule has 0 atom stereocenters. The third-order valence-electron chi connectivity index (χ3n) is 3.24. The number of carbonyl (C=O) groups excluding carboxylic acids is 1. The molecule has 0 heterocycles. The van der Waals surface area contributed by atoms with E-state index in [4.69, 9.17) is 0 Å². The molecule has 2 aromatic rings. The number of nitrogens with one attached hydrogen (secondary N) is 2. The van der Waals surface area contributed by atoms with Crippen LogP contribution in [-0.4, -0.2) is 32.0 Å². The Hall–Kier alpha value is -3.08.